The van der Waals surface area contributed by atoms with Gasteiger partial charge >= 0.3 is 5.97 Å². The Labute approximate surface area is 126 Å². The number of thiazole rings is 1. The summed E-state index contributed by atoms with van der Waals surface area (Å²) in [7, 11) is 0. The lowest BCUT2D eigenvalue weighted by Gasteiger charge is -2.31. The molecule has 2 aromatic heterocycles. The molecule has 0 bridgehead atoms. The highest BCUT2D eigenvalue weighted by Crippen LogP contribution is 2.22. The number of hydrogen-bond donors (Lipinski definition) is 1. The third-order valence-corrected chi connectivity index (χ3v) is 4.88. The van der Waals surface area contributed by atoms with Gasteiger partial charge in [0, 0.05) is 43.0 Å². The van der Waals surface area contributed by atoms with Gasteiger partial charge < -0.3 is 10.0 Å². The molecule has 2 aromatic rings. The molecule has 0 unspecified atom stereocenters. The summed E-state index contributed by atoms with van der Waals surface area (Å²) in [5.74, 6) is -0.439. The maximum Gasteiger partial charge on any atom is 0.303 e. The largest absolute Gasteiger partial charge is 0.481 e. The van der Waals surface area contributed by atoms with Crippen LogP contribution in [-0.2, 0) is 16.0 Å². The summed E-state index contributed by atoms with van der Waals surface area (Å²) >= 11 is 1.53. The molecule has 7 heteroatoms. The number of nitrogens with zero attached hydrogens (tertiary/aromatic N) is 3. The Bertz CT molecular complexity index is 655. The minimum absolute atomic E-state index is 0.108. The predicted molar refractivity (Wildman–Crippen MR) is 78.3 cm³/mol. The van der Waals surface area contributed by atoms with Crippen LogP contribution in [0.1, 0.15) is 25.0 Å². The smallest absolute Gasteiger partial charge is 0.303 e. The molecule has 0 saturated carbocycles. The quantitative estimate of drug-likeness (QED) is 0.932. The number of aliphatic carboxylic acids is 1. The number of carboxylic acids is 1. The first kappa shape index (κ1) is 14.1. The average Bonchev–Trinajstić information content (AvgIpc) is 3.04. The van der Waals surface area contributed by atoms with Crippen LogP contribution >= 0.6 is 11.3 Å². The molecule has 3 rings (SSSR count). The summed E-state index contributed by atoms with van der Waals surface area (Å²) in [6, 6.07) is 0. The summed E-state index contributed by atoms with van der Waals surface area (Å²) in [6.45, 7) is 1.32. The first-order chi connectivity index (χ1) is 10.1. The van der Waals surface area contributed by atoms with Gasteiger partial charge in [0.15, 0.2) is 4.96 Å². The third kappa shape index (κ3) is 3.07. The van der Waals surface area contributed by atoms with Gasteiger partial charge in [-0.1, -0.05) is 0 Å². The molecule has 3 heterocycles. The average molecular weight is 307 g/mol. The van der Waals surface area contributed by atoms with E-state index in [4.69, 9.17) is 5.11 Å². The Kier molecular flexibility index (Phi) is 3.92. The molecule has 1 N–H and O–H groups in total. The van der Waals surface area contributed by atoms with Gasteiger partial charge in [0.05, 0.1) is 6.42 Å². The number of carbonyl (C=O) groups is 2. The number of fused-ring (bicyclic) bond motifs is 1. The van der Waals surface area contributed by atoms with E-state index in [1.807, 2.05) is 20.9 Å². The molecule has 0 radical (unpaired) electrons. The molecule has 1 amide bonds. The van der Waals surface area contributed by atoms with E-state index < -0.39 is 5.97 Å². The summed E-state index contributed by atoms with van der Waals surface area (Å²) < 4.78 is 1.94. The second-order valence-corrected chi connectivity index (χ2v) is 6.24. The molecule has 0 aromatic carbocycles. The maximum absolute atomic E-state index is 12.3. The minimum Gasteiger partial charge on any atom is -0.481 e. The third-order valence-electron chi connectivity index (χ3n) is 3.98. The van der Waals surface area contributed by atoms with Gasteiger partial charge in [-0.15, -0.1) is 11.3 Å². The van der Waals surface area contributed by atoms with Gasteiger partial charge in [-0.2, -0.15) is 0 Å². The molecule has 1 aliphatic rings. The van der Waals surface area contributed by atoms with E-state index in [0.29, 0.717) is 19.5 Å². The van der Waals surface area contributed by atoms with E-state index in [-0.39, 0.29) is 18.2 Å². The number of imidazole rings is 1. The van der Waals surface area contributed by atoms with Crippen LogP contribution in [0.4, 0.5) is 0 Å². The van der Waals surface area contributed by atoms with Crippen molar-refractivity contribution in [2.24, 2.45) is 5.92 Å². The number of hydrogen-bond acceptors (Lipinski definition) is 4. The lowest BCUT2D eigenvalue weighted by Crippen LogP contribution is -2.39. The van der Waals surface area contributed by atoms with Crippen LogP contribution < -0.4 is 0 Å². The highest BCUT2D eigenvalue weighted by molar-refractivity contribution is 7.15. The van der Waals surface area contributed by atoms with Gasteiger partial charge in [0.2, 0.25) is 5.91 Å². The maximum atomic E-state index is 12.3. The number of rotatable bonds is 4. The van der Waals surface area contributed by atoms with Crippen LogP contribution in [0.25, 0.3) is 4.96 Å². The second-order valence-electron chi connectivity index (χ2n) is 5.41. The number of piperidine rings is 1. The summed E-state index contributed by atoms with van der Waals surface area (Å²) in [5.41, 5.74) is 0.963. The van der Waals surface area contributed by atoms with Gasteiger partial charge in [-0.25, -0.2) is 4.98 Å². The van der Waals surface area contributed by atoms with Crippen molar-refractivity contribution in [3.63, 3.8) is 0 Å². The first-order valence-electron chi connectivity index (χ1n) is 7.02. The molecule has 1 saturated heterocycles. The van der Waals surface area contributed by atoms with E-state index in [2.05, 4.69) is 4.98 Å². The Morgan fingerprint density at radius 3 is 2.86 bits per heavy atom. The standard InChI is InChI=1S/C14H17N3O3S/c18-12(8-11-9-21-14-15-3-6-17(11)14)16-4-1-10(2-5-16)7-13(19)20/h3,6,9-10H,1-2,4-5,7-8H2,(H,19,20). The van der Waals surface area contributed by atoms with Crippen molar-refractivity contribution < 1.29 is 14.7 Å². The Morgan fingerprint density at radius 2 is 2.14 bits per heavy atom. The molecule has 0 spiro atoms. The first-order valence-corrected chi connectivity index (χ1v) is 7.90. The van der Waals surface area contributed by atoms with E-state index in [0.717, 1.165) is 23.5 Å². The molecule has 21 heavy (non-hydrogen) atoms. The van der Waals surface area contributed by atoms with Crippen LogP contribution in [0.5, 0.6) is 0 Å². The molecule has 112 valence electrons. The number of carboxylic acid groups (broad SMARTS) is 1. The topological polar surface area (TPSA) is 74.9 Å². The molecular weight excluding hydrogens is 290 g/mol. The molecular formula is C14H17N3O3S. The van der Waals surface area contributed by atoms with Crippen LogP contribution in [0, 0.1) is 5.92 Å². The summed E-state index contributed by atoms with van der Waals surface area (Å²) in [4.78, 5) is 30.0. The molecule has 1 fully saturated rings. The number of carbonyl (C=O) groups excluding carboxylic acids is 1. The Morgan fingerprint density at radius 1 is 1.38 bits per heavy atom. The van der Waals surface area contributed by atoms with Gasteiger partial charge in [-0.05, 0) is 18.8 Å². The highest BCUT2D eigenvalue weighted by atomic mass is 32.1. The lowest BCUT2D eigenvalue weighted by atomic mass is 9.93. The fourth-order valence-electron chi connectivity index (χ4n) is 2.80. The SMILES string of the molecule is O=C(O)CC1CCN(C(=O)Cc2csc3nccn23)CC1. The fraction of sp³-hybridized carbons (Fsp3) is 0.500. The summed E-state index contributed by atoms with van der Waals surface area (Å²) in [5, 5.41) is 10.8. The number of amides is 1. The van der Waals surface area contributed by atoms with Gasteiger partial charge in [0.25, 0.3) is 0 Å². The van der Waals surface area contributed by atoms with E-state index >= 15 is 0 Å². The van der Waals surface area contributed by atoms with Crippen molar-refractivity contribution in [2.45, 2.75) is 25.7 Å². The van der Waals surface area contributed by atoms with Crippen molar-refractivity contribution in [1.29, 1.82) is 0 Å². The molecule has 0 aliphatic carbocycles. The number of likely N-dealkylation sites (tertiary alicyclic amines) is 1. The van der Waals surface area contributed by atoms with Crippen molar-refractivity contribution in [1.82, 2.24) is 14.3 Å². The Balaban J connectivity index is 1.57. The monoisotopic (exact) mass is 307 g/mol. The molecule has 1 aliphatic heterocycles. The zero-order valence-corrected chi connectivity index (χ0v) is 12.4. The van der Waals surface area contributed by atoms with Crippen LogP contribution in [0.15, 0.2) is 17.8 Å². The minimum atomic E-state index is -0.749. The highest BCUT2D eigenvalue weighted by Gasteiger charge is 2.24. The fourth-order valence-corrected chi connectivity index (χ4v) is 3.65. The van der Waals surface area contributed by atoms with Gasteiger partial charge in [0.1, 0.15) is 0 Å². The van der Waals surface area contributed by atoms with Crippen molar-refractivity contribution in [2.75, 3.05) is 13.1 Å². The van der Waals surface area contributed by atoms with E-state index in [1.54, 1.807) is 6.20 Å². The van der Waals surface area contributed by atoms with Crippen LogP contribution in [0.3, 0.4) is 0 Å². The normalized spacial score (nSPS) is 16.5. The molecule has 6 nitrogen and oxygen atoms in total. The van der Waals surface area contributed by atoms with Gasteiger partial charge in [-0.3, -0.25) is 14.0 Å². The lowest BCUT2D eigenvalue weighted by molar-refractivity contribution is -0.138. The van der Waals surface area contributed by atoms with Crippen LogP contribution in [-0.4, -0.2) is 44.4 Å². The Hall–Kier alpha value is -1.89. The summed E-state index contributed by atoms with van der Waals surface area (Å²) in [6.07, 6.45) is 5.75. The second kappa shape index (κ2) is 5.85. The van der Waals surface area contributed by atoms with Crippen LogP contribution in [0.2, 0.25) is 0 Å². The van der Waals surface area contributed by atoms with E-state index in [9.17, 15) is 9.59 Å². The van der Waals surface area contributed by atoms with Crippen molar-refractivity contribution in [3.8, 4) is 0 Å². The van der Waals surface area contributed by atoms with Crippen molar-refractivity contribution in [3.05, 3.63) is 23.5 Å². The number of aromatic nitrogens is 2. The van der Waals surface area contributed by atoms with Crippen molar-refractivity contribution >= 4 is 28.2 Å². The zero-order chi connectivity index (χ0) is 14.8. The van der Waals surface area contributed by atoms with E-state index in [1.165, 1.54) is 11.3 Å². The predicted octanol–water partition coefficient (Wildman–Crippen LogP) is 1.65. The molecule has 0 atom stereocenters. The zero-order valence-electron chi connectivity index (χ0n) is 11.6.